The number of benzene rings is 1. The van der Waals surface area contributed by atoms with Crippen molar-refractivity contribution in [1.82, 2.24) is 4.90 Å². The number of rotatable bonds is 4. The number of carbonyl (C=O) groups is 1. The Kier molecular flexibility index (Phi) is 5.03. The number of ether oxygens (including phenoxy) is 1. The average Bonchev–Trinajstić information content (AvgIpc) is 2.90. The summed E-state index contributed by atoms with van der Waals surface area (Å²) in [5.74, 6) is -1.02. The third kappa shape index (κ3) is 4.28. The molecule has 1 aromatic rings. The molecule has 2 rings (SSSR count). The van der Waals surface area contributed by atoms with Crippen LogP contribution in [0.5, 0.6) is 5.75 Å². The lowest BCUT2D eigenvalue weighted by atomic mass is 9.97. The highest BCUT2D eigenvalue weighted by Crippen LogP contribution is 2.30. The number of nitrogens with one attached hydrogen (secondary N) is 1. The topological polar surface area (TPSA) is 61.8 Å². The van der Waals surface area contributed by atoms with Crippen molar-refractivity contribution >= 4 is 11.7 Å². The van der Waals surface area contributed by atoms with E-state index < -0.39 is 30.1 Å². The predicted octanol–water partition coefficient (Wildman–Crippen LogP) is 3.19. The van der Waals surface area contributed by atoms with Crippen LogP contribution in [0.4, 0.5) is 23.7 Å². The normalized spacial score (nSPS) is 18.4. The van der Waals surface area contributed by atoms with Gasteiger partial charge in [-0.2, -0.15) is 8.78 Å². The highest BCUT2D eigenvalue weighted by Gasteiger charge is 2.38. The number of aliphatic hydroxyl groups is 1. The van der Waals surface area contributed by atoms with Crippen molar-refractivity contribution < 1.29 is 27.8 Å². The summed E-state index contributed by atoms with van der Waals surface area (Å²) < 4.78 is 42.4. The van der Waals surface area contributed by atoms with Crippen molar-refractivity contribution in [3.05, 3.63) is 24.0 Å². The minimum absolute atomic E-state index is 0.184. The van der Waals surface area contributed by atoms with E-state index in [1.807, 2.05) is 0 Å². The molecule has 5 nitrogen and oxygen atoms in total. The zero-order chi connectivity index (χ0) is 17.2. The van der Waals surface area contributed by atoms with Crippen LogP contribution in [0.2, 0.25) is 0 Å². The molecule has 0 spiro atoms. The summed E-state index contributed by atoms with van der Waals surface area (Å²) in [4.78, 5) is 13.8. The number of hydrogen-bond donors (Lipinski definition) is 2. The highest BCUT2D eigenvalue weighted by atomic mass is 19.3. The first kappa shape index (κ1) is 17.4. The third-order valence-corrected chi connectivity index (χ3v) is 3.73. The van der Waals surface area contributed by atoms with E-state index in [1.165, 1.54) is 4.90 Å². The highest BCUT2D eigenvalue weighted by molar-refractivity contribution is 5.91. The number of carbonyl (C=O) groups excluding carboxylic acids is 1. The summed E-state index contributed by atoms with van der Waals surface area (Å²) in [6.07, 6.45) is 1.34. The largest absolute Gasteiger partial charge is 0.433 e. The maximum absolute atomic E-state index is 13.3. The Morgan fingerprint density at radius 2 is 2.17 bits per heavy atom. The van der Waals surface area contributed by atoms with Crippen LogP contribution in [0.1, 0.15) is 26.7 Å². The van der Waals surface area contributed by atoms with Crippen LogP contribution < -0.4 is 10.1 Å². The van der Waals surface area contributed by atoms with Gasteiger partial charge < -0.3 is 20.1 Å². The first-order valence-corrected chi connectivity index (χ1v) is 7.23. The summed E-state index contributed by atoms with van der Waals surface area (Å²) in [5.41, 5.74) is -1.28. The van der Waals surface area contributed by atoms with Crippen molar-refractivity contribution in [2.45, 2.75) is 44.9 Å². The van der Waals surface area contributed by atoms with Gasteiger partial charge in [-0.1, -0.05) is 0 Å². The Labute approximate surface area is 132 Å². The van der Waals surface area contributed by atoms with Crippen LogP contribution in [0, 0.1) is 5.82 Å². The second-order valence-electron chi connectivity index (χ2n) is 5.95. The molecule has 128 valence electrons. The molecule has 1 fully saturated rings. The molecule has 1 heterocycles. The molecule has 0 bridgehead atoms. The molecule has 23 heavy (non-hydrogen) atoms. The van der Waals surface area contributed by atoms with E-state index >= 15 is 0 Å². The summed E-state index contributed by atoms with van der Waals surface area (Å²) in [5, 5.41) is 12.5. The van der Waals surface area contributed by atoms with E-state index in [0.29, 0.717) is 19.4 Å². The fourth-order valence-electron chi connectivity index (χ4n) is 2.73. The van der Waals surface area contributed by atoms with Crippen LogP contribution in [0.15, 0.2) is 18.2 Å². The van der Waals surface area contributed by atoms with Crippen molar-refractivity contribution in [2.24, 2.45) is 0 Å². The van der Waals surface area contributed by atoms with Gasteiger partial charge in [0.05, 0.1) is 17.3 Å². The molecule has 1 aliphatic heterocycles. The summed E-state index contributed by atoms with van der Waals surface area (Å²) in [6.45, 7) is 0.515. The van der Waals surface area contributed by atoms with Gasteiger partial charge in [0.25, 0.3) is 0 Å². The fourth-order valence-corrected chi connectivity index (χ4v) is 2.73. The Hall–Kier alpha value is -1.96. The number of amides is 2. The Bertz CT molecular complexity index is 576. The molecule has 1 saturated heterocycles. The van der Waals surface area contributed by atoms with E-state index in [-0.39, 0.29) is 11.4 Å². The van der Waals surface area contributed by atoms with Gasteiger partial charge in [0.15, 0.2) is 0 Å². The van der Waals surface area contributed by atoms with E-state index in [0.717, 1.165) is 18.2 Å². The van der Waals surface area contributed by atoms with Crippen LogP contribution in [-0.4, -0.2) is 40.8 Å². The smallest absolute Gasteiger partial charge is 0.387 e. The first-order valence-electron chi connectivity index (χ1n) is 7.23. The molecule has 2 amide bonds. The van der Waals surface area contributed by atoms with Crippen LogP contribution >= 0.6 is 0 Å². The second kappa shape index (κ2) is 6.66. The number of likely N-dealkylation sites (tertiary alicyclic amines) is 1. The lowest BCUT2D eigenvalue weighted by molar-refractivity contribution is -0.0494. The van der Waals surface area contributed by atoms with Crippen molar-refractivity contribution in [3.63, 3.8) is 0 Å². The molecule has 0 aromatic heterocycles. The van der Waals surface area contributed by atoms with E-state index in [1.54, 1.807) is 13.8 Å². The van der Waals surface area contributed by atoms with Gasteiger partial charge in [-0.05, 0) is 38.8 Å². The molecule has 0 radical (unpaired) electrons. The fraction of sp³-hybridized carbons (Fsp3) is 0.533. The quantitative estimate of drug-likeness (QED) is 0.890. The summed E-state index contributed by atoms with van der Waals surface area (Å²) in [7, 11) is 0. The van der Waals surface area contributed by atoms with E-state index in [2.05, 4.69) is 10.1 Å². The maximum atomic E-state index is 13.3. The molecule has 8 heteroatoms. The molecule has 1 aliphatic rings. The molecule has 1 atom stereocenters. The molecule has 0 aliphatic carbocycles. The SMILES string of the molecule is CC(C)(O)[C@@H]1CCCN1C(=O)Nc1cc(F)ccc1OC(F)F. The minimum atomic E-state index is -3.09. The number of hydrogen-bond acceptors (Lipinski definition) is 3. The van der Waals surface area contributed by atoms with Gasteiger partial charge in [-0.25, -0.2) is 9.18 Å². The maximum Gasteiger partial charge on any atom is 0.387 e. The number of alkyl halides is 2. The number of anilines is 1. The number of nitrogens with zero attached hydrogens (tertiary/aromatic N) is 1. The van der Waals surface area contributed by atoms with Crippen molar-refractivity contribution in [3.8, 4) is 5.75 Å². The Morgan fingerprint density at radius 3 is 2.78 bits per heavy atom. The number of halogens is 3. The summed E-state index contributed by atoms with van der Waals surface area (Å²) >= 11 is 0. The number of urea groups is 1. The summed E-state index contributed by atoms with van der Waals surface area (Å²) in [6, 6.07) is 1.89. The van der Waals surface area contributed by atoms with Gasteiger partial charge in [-0.15, -0.1) is 0 Å². The lowest BCUT2D eigenvalue weighted by Crippen LogP contribution is -2.49. The molecular formula is C15H19F3N2O3. The van der Waals surface area contributed by atoms with E-state index in [9.17, 15) is 23.1 Å². The van der Waals surface area contributed by atoms with E-state index in [4.69, 9.17) is 0 Å². The monoisotopic (exact) mass is 332 g/mol. The van der Waals surface area contributed by atoms with Gasteiger partial charge in [0.1, 0.15) is 11.6 Å². The molecule has 2 N–H and O–H groups in total. The minimum Gasteiger partial charge on any atom is -0.433 e. The van der Waals surface area contributed by atoms with Gasteiger partial charge in [0.2, 0.25) is 0 Å². The lowest BCUT2D eigenvalue weighted by Gasteiger charge is -2.33. The van der Waals surface area contributed by atoms with Crippen molar-refractivity contribution in [1.29, 1.82) is 0 Å². The van der Waals surface area contributed by atoms with Gasteiger partial charge in [-0.3, -0.25) is 0 Å². The van der Waals surface area contributed by atoms with Crippen molar-refractivity contribution in [2.75, 3.05) is 11.9 Å². The zero-order valence-electron chi connectivity index (χ0n) is 12.9. The third-order valence-electron chi connectivity index (χ3n) is 3.73. The van der Waals surface area contributed by atoms with Crippen LogP contribution in [-0.2, 0) is 0 Å². The predicted molar refractivity (Wildman–Crippen MR) is 78.1 cm³/mol. The Balaban J connectivity index is 2.18. The molecule has 0 saturated carbocycles. The van der Waals surface area contributed by atoms with Gasteiger partial charge >= 0.3 is 12.6 Å². The average molecular weight is 332 g/mol. The zero-order valence-corrected chi connectivity index (χ0v) is 12.9. The van der Waals surface area contributed by atoms with Gasteiger partial charge in [0, 0.05) is 12.6 Å². The molecule has 1 aromatic carbocycles. The standard InChI is InChI=1S/C15H19F3N2O3/c1-15(2,22)12-4-3-7-20(12)14(21)19-10-8-9(16)5-6-11(10)23-13(17)18/h5-6,8,12-13,22H,3-4,7H2,1-2H3,(H,19,21)/t12-/m0/s1. The first-order chi connectivity index (χ1) is 10.7. The molecular weight excluding hydrogens is 313 g/mol. The second-order valence-corrected chi connectivity index (χ2v) is 5.95. The van der Waals surface area contributed by atoms with Crippen LogP contribution in [0.3, 0.4) is 0 Å². The molecule has 0 unspecified atom stereocenters. The van der Waals surface area contributed by atoms with Crippen LogP contribution in [0.25, 0.3) is 0 Å². The Morgan fingerprint density at radius 1 is 1.48 bits per heavy atom.